The predicted octanol–water partition coefficient (Wildman–Crippen LogP) is 13.1. The molecule has 0 spiro atoms. The van der Waals surface area contributed by atoms with Crippen LogP contribution in [0.4, 0.5) is 52.7 Å². The number of hydrogen-bond donors (Lipinski definition) is 0. The van der Waals surface area contributed by atoms with Crippen LogP contribution < -0.4 is 0 Å². The number of pyridine rings is 2. The quantitative estimate of drug-likeness (QED) is 0.123. The monoisotopic (exact) mass is 967 g/mol. The van der Waals surface area contributed by atoms with Gasteiger partial charge >= 0.3 is 45.8 Å². The molecule has 292 valence electrons. The molecule has 0 fully saturated rings. The zero-order valence-corrected chi connectivity index (χ0v) is 30.9. The number of rotatable bonds is 6. The van der Waals surface area contributed by atoms with Gasteiger partial charge in [0.05, 0.1) is 11.1 Å². The van der Waals surface area contributed by atoms with Crippen molar-refractivity contribution in [2.24, 2.45) is 0 Å². The molecule has 2 heterocycles. The molecule has 0 bridgehead atoms. The molecular formula is C41H24F12N2Pt. The molecule has 56 heavy (non-hydrogen) atoms. The van der Waals surface area contributed by atoms with Gasteiger partial charge in [0, 0.05) is 16.8 Å². The summed E-state index contributed by atoms with van der Waals surface area (Å²) in [5.41, 5.74) is -4.49. The van der Waals surface area contributed by atoms with Crippen LogP contribution >= 0.6 is 0 Å². The molecule has 0 atom stereocenters. The minimum absolute atomic E-state index is 0. The van der Waals surface area contributed by atoms with Gasteiger partial charge in [0.25, 0.3) is 0 Å². The Kier molecular flexibility index (Phi) is 11.4. The second kappa shape index (κ2) is 15.2. The number of halogens is 12. The molecule has 0 N–H and O–H groups in total. The third kappa shape index (κ3) is 8.85. The summed E-state index contributed by atoms with van der Waals surface area (Å²) in [7, 11) is 0. The molecule has 0 amide bonds. The molecule has 0 saturated heterocycles. The number of hydrogen-bond acceptors (Lipinski definition) is 2. The van der Waals surface area contributed by atoms with Crippen molar-refractivity contribution in [1.82, 2.24) is 9.97 Å². The van der Waals surface area contributed by atoms with Gasteiger partial charge in [-0.2, -0.15) is 52.7 Å². The van der Waals surface area contributed by atoms with Gasteiger partial charge in [0.15, 0.2) is 0 Å². The van der Waals surface area contributed by atoms with Crippen molar-refractivity contribution in [1.29, 1.82) is 0 Å². The maximum Gasteiger partial charge on any atom is 2.00 e. The SMILES string of the molecule is CC(C)(c1ccc(-c2ccc(C(F)(F)F)cc2)c(-c2[c-]ccc(C(F)(F)F)c2)n1)c1ccc(-c2ccc(C(F)(F)F)cc2)c(-c2[c-]ccc(C(F)(F)F)c2)n1.[Pt+2]. The second-order valence-corrected chi connectivity index (χ2v) is 12.9. The molecule has 0 aliphatic rings. The third-order valence-corrected chi connectivity index (χ3v) is 8.89. The molecule has 0 unspecified atom stereocenters. The Hall–Kier alpha value is -4.97. The first kappa shape index (κ1) is 42.2. The summed E-state index contributed by atoms with van der Waals surface area (Å²) in [6.07, 6.45) is -18.8. The average molecular weight is 968 g/mol. The van der Waals surface area contributed by atoms with Crippen molar-refractivity contribution < 1.29 is 73.8 Å². The van der Waals surface area contributed by atoms with E-state index in [4.69, 9.17) is 9.97 Å². The Morgan fingerprint density at radius 2 is 0.732 bits per heavy atom. The number of aromatic nitrogens is 2. The third-order valence-electron chi connectivity index (χ3n) is 8.89. The van der Waals surface area contributed by atoms with Crippen LogP contribution in [0.2, 0.25) is 0 Å². The van der Waals surface area contributed by atoms with E-state index in [1.165, 1.54) is 24.3 Å². The van der Waals surface area contributed by atoms with Gasteiger partial charge in [-0.15, -0.1) is 59.7 Å². The molecular weight excluding hydrogens is 944 g/mol. The van der Waals surface area contributed by atoms with E-state index in [2.05, 4.69) is 12.1 Å². The van der Waals surface area contributed by atoms with E-state index in [0.717, 1.165) is 84.9 Å². The van der Waals surface area contributed by atoms with E-state index in [-0.39, 0.29) is 77.2 Å². The van der Waals surface area contributed by atoms with E-state index in [9.17, 15) is 52.7 Å². The Morgan fingerprint density at radius 1 is 0.411 bits per heavy atom. The maximum atomic E-state index is 13.8. The molecule has 6 rings (SSSR count). The van der Waals surface area contributed by atoms with Crippen LogP contribution in [0.5, 0.6) is 0 Å². The summed E-state index contributed by atoms with van der Waals surface area (Å²) in [5.74, 6) is 0. The zero-order chi connectivity index (χ0) is 40.1. The Morgan fingerprint density at radius 3 is 1.04 bits per heavy atom. The van der Waals surface area contributed by atoms with E-state index in [0.29, 0.717) is 0 Å². The largest absolute Gasteiger partial charge is 2.00 e. The summed E-state index contributed by atoms with van der Waals surface area (Å²) in [6, 6.07) is 24.5. The minimum Gasteiger partial charge on any atom is -0.300 e. The van der Waals surface area contributed by atoms with E-state index >= 15 is 0 Å². The smallest absolute Gasteiger partial charge is 0.300 e. The predicted molar refractivity (Wildman–Crippen MR) is 180 cm³/mol. The fourth-order valence-electron chi connectivity index (χ4n) is 5.86. The summed E-state index contributed by atoms with van der Waals surface area (Å²) in [4.78, 5) is 9.40. The summed E-state index contributed by atoms with van der Waals surface area (Å²) in [5, 5.41) is 0. The first-order chi connectivity index (χ1) is 25.5. The Balaban J connectivity index is 0.00000600. The molecule has 6 aromatic rings. The van der Waals surface area contributed by atoms with Gasteiger partial charge in [-0.3, -0.25) is 9.97 Å². The molecule has 0 radical (unpaired) electrons. The average Bonchev–Trinajstić information content (AvgIpc) is 3.13. The van der Waals surface area contributed by atoms with Gasteiger partial charge in [-0.1, -0.05) is 36.4 Å². The molecule has 2 aromatic heterocycles. The van der Waals surface area contributed by atoms with Gasteiger partial charge in [0.1, 0.15) is 0 Å². The van der Waals surface area contributed by atoms with Gasteiger partial charge in [-0.25, -0.2) is 0 Å². The molecule has 0 saturated carbocycles. The van der Waals surface area contributed by atoms with E-state index in [1.807, 2.05) is 0 Å². The van der Waals surface area contributed by atoms with Crippen molar-refractivity contribution in [2.45, 2.75) is 44.0 Å². The standard InChI is InChI=1S/C41H24F12N2.Pt/c1-37(2,33-19-17-31(23-9-13-27(14-10-23)38(42,43)44)35(54-33)25-5-3-7-29(21-25)40(48,49)50)34-20-18-32(24-11-15-28(16-12-24)39(45,46)47)36(55-34)26-6-4-8-30(22-26)41(51,52)53;/h3-4,7-22H,1-2H3;/q-2;+2. The second-order valence-electron chi connectivity index (χ2n) is 12.9. The molecule has 4 aromatic carbocycles. The minimum atomic E-state index is -4.76. The van der Waals surface area contributed by atoms with Crippen LogP contribution in [-0.4, -0.2) is 9.97 Å². The van der Waals surface area contributed by atoms with Crippen LogP contribution in [0.15, 0.2) is 109 Å². The Bertz CT molecular complexity index is 2180. The van der Waals surface area contributed by atoms with Crippen LogP contribution in [0.3, 0.4) is 0 Å². The van der Waals surface area contributed by atoms with Crippen molar-refractivity contribution in [3.63, 3.8) is 0 Å². The zero-order valence-electron chi connectivity index (χ0n) is 28.6. The summed E-state index contributed by atoms with van der Waals surface area (Å²) >= 11 is 0. The van der Waals surface area contributed by atoms with Crippen LogP contribution in [0, 0.1) is 12.1 Å². The normalized spacial score (nSPS) is 12.7. The van der Waals surface area contributed by atoms with Crippen molar-refractivity contribution in [3.05, 3.63) is 155 Å². The molecule has 0 aliphatic heterocycles. The number of alkyl halides is 12. The first-order valence-electron chi connectivity index (χ1n) is 16.1. The number of nitrogens with zero attached hydrogens (tertiary/aromatic N) is 2. The van der Waals surface area contributed by atoms with Gasteiger partial charge in [0.2, 0.25) is 0 Å². The fourth-order valence-corrected chi connectivity index (χ4v) is 5.86. The maximum absolute atomic E-state index is 13.8. The summed E-state index contributed by atoms with van der Waals surface area (Å²) in [6.45, 7) is 3.26. The van der Waals surface area contributed by atoms with Gasteiger partial charge < -0.3 is 0 Å². The van der Waals surface area contributed by atoms with Crippen LogP contribution in [-0.2, 0) is 51.2 Å². The van der Waals surface area contributed by atoms with Crippen molar-refractivity contribution in [3.8, 4) is 44.8 Å². The Labute approximate surface area is 326 Å². The van der Waals surface area contributed by atoms with Gasteiger partial charge in [-0.05, 0) is 95.0 Å². The molecule has 0 aliphatic carbocycles. The fraction of sp³-hybridized carbons (Fsp3) is 0.171. The van der Waals surface area contributed by atoms with Crippen LogP contribution in [0.1, 0.15) is 47.5 Å². The summed E-state index contributed by atoms with van der Waals surface area (Å²) < 4.78 is 163. The number of benzene rings is 4. The molecule has 15 heteroatoms. The molecule has 2 nitrogen and oxygen atoms in total. The van der Waals surface area contributed by atoms with Crippen molar-refractivity contribution >= 4 is 0 Å². The first-order valence-corrected chi connectivity index (χ1v) is 16.1. The van der Waals surface area contributed by atoms with Crippen molar-refractivity contribution in [2.75, 3.05) is 0 Å². The topological polar surface area (TPSA) is 25.8 Å². The van der Waals surface area contributed by atoms with E-state index in [1.54, 1.807) is 13.8 Å². The van der Waals surface area contributed by atoms with Crippen LogP contribution in [0.25, 0.3) is 44.8 Å². The van der Waals surface area contributed by atoms with E-state index < -0.39 is 52.4 Å².